The van der Waals surface area contributed by atoms with Gasteiger partial charge in [-0.05, 0) is 37.1 Å². The van der Waals surface area contributed by atoms with Crippen LogP contribution in [0.4, 0.5) is 0 Å². The summed E-state index contributed by atoms with van der Waals surface area (Å²) in [6, 6.07) is 7.51. The standard InChI is InChI=1S/C18H22N2O5S/c1-2-3-9-20(16-8-10-26(23,24)13-16)17(21)12-25-18(22)15-6-4-14(11-19)5-7-15/h4-7,16H,2-3,8-10,12-13H2,1H3/t16-/m0/s1. The number of carbonyl (C=O) groups excluding carboxylic acids is 2. The van der Waals surface area contributed by atoms with Crippen LogP contribution >= 0.6 is 0 Å². The minimum Gasteiger partial charge on any atom is -0.452 e. The molecule has 1 fully saturated rings. The highest BCUT2D eigenvalue weighted by Crippen LogP contribution is 2.19. The Morgan fingerprint density at radius 1 is 1.31 bits per heavy atom. The SMILES string of the molecule is CCCCN(C(=O)COC(=O)c1ccc(C#N)cc1)[C@H]1CCS(=O)(=O)C1. The molecule has 1 saturated heterocycles. The van der Waals surface area contributed by atoms with Crippen LogP contribution in [0.2, 0.25) is 0 Å². The smallest absolute Gasteiger partial charge is 0.338 e. The molecule has 1 amide bonds. The van der Waals surface area contributed by atoms with Crippen LogP contribution in [-0.2, 0) is 19.4 Å². The van der Waals surface area contributed by atoms with Gasteiger partial charge in [-0.2, -0.15) is 5.26 Å². The van der Waals surface area contributed by atoms with Crippen molar-refractivity contribution >= 4 is 21.7 Å². The highest BCUT2D eigenvalue weighted by atomic mass is 32.2. The molecular weight excluding hydrogens is 356 g/mol. The van der Waals surface area contributed by atoms with Gasteiger partial charge in [-0.3, -0.25) is 4.79 Å². The number of sulfone groups is 1. The Balaban J connectivity index is 1.97. The summed E-state index contributed by atoms with van der Waals surface area (Å²) in [7, 11) is -3.11. The van der Waals surface area contributed by atoms with Crippen molar-refractivity contribution in [3.8, 4) is 6.07 Å². The van der Waals surface area contributed by atoms with Gasteiger partial charge in [0.25, 0.3) is 5.91 Å². The average Bonchev–Trinajstić information content (AvgIpc) is 2.99. The lowest BCUT2D eigenvalue weighted by Crippen LogP contribution is -2.43. The fourth-order valence-electron chi connectivity index (χ4n) is 2.83. The van der Waals surface area contributed by atoms with Crippen molar-refractivity contribution in [1.29, 1.82) is 5.26 Å². The molecule has 0 aliphatic carbocycles. The third-order valence-electron chi connectivity index (χ3n) is 4.30. The summed E-state index contributed by atoms with van der Waals surface area (Å²) < 4.78 is 28.5. The van der Waals surface area contributed by atoms with Crippen LogP contribution in [0.1, 0.15) is 42.1 Å². The van der Waals surface area contributed by atoms with E-state index in [1.165, 1.54) is 29.2 Å². The van der Waals surface area contributed by atoms with Crippen LogP contribution in [0.25, 0.3) is 0 Å². The Kier molecular flexibility index (Phi) is 6.75. The zero-order valence-electron chi connectivity index (χ0n) is 14.7. The van der Waals surface area contributed by atoms with Gasteiger partial charge in [0.1, 0.15) is 0 Å². The van der Waals surface area contributed by atoms with E-state index in [-0.39, 0.29) is 29.0 Å². The molecule has 0 N–H and O–H groups in total. The molecule has 1 aliphatic rings. The number of ether oxygens (including phenoxy) is 1. The minimum atomic E-state index is -3.11. The number of nitriles is 1. The quantitative estimate of drug-likeness (QED) is 0.667. The normalized spacial score (nSPS) is 18.1. The molecular formula is C18H22N2O5S. The van der Waals surface area contributed by atoms with Crippen molar-refractivity contribution in [2.45, 2.75) is 32.2 Å². The first-order chi connectivity index (χ1) is 12.4. The lowest BCUT2D eigenvalue weighted by atomic mass is 10.1. The summed E-state index contributed by atoms with van der Waals surface area (Å²) in [5.41, 5.74) is 0.672. The number of hydrogen-bond acceptors (Lipinski definition) is 6. The third-order valence-corrected chi connectivity index (χ3v) is 6.05. The van der Waals surface area contributed by atoms with Crippen LogP contribution in [0.3, 0.4) is 0 Å². The Morgan fingerprint density at radius 2 is 2.00 bits per heavy atom. The molecule has 7 nitrogen and oxygen atoms in total. The molecule has 0 unspecified atom stereocenters. The summed E-state index contributed by atoms with van der Waals surface area (Å²) in [5.74, 6) is -0.996. The van der Waals surface area contributed by atoms with Gasteiger partial charge < -0.3 is 9.64 Å². The lowest BCUT2D eigenvalue weighted by Gasteiger charge is -2.28. The fourth-order valence-corrected chi connectivity index (χ4v) is 4.57. The monoisotopic (exact) mass is 378 g/mol. The van der Waals surface area contributed by atoms with E-state index >= 15 is 0 Å². The molecule has 8 heteroatoms. The van der Waals surface area contributed by atoms with E-state index in [4.69, 9.17) is 10.00 Å². The molecule has 1 aromatic carbocycles. The maximum Gasteiger partial charge on any atom is 0.338 e. The van der Waals surface area contributed by atoms with Gasteiger partial charge in [0, 0.05) is 12.6 Å². The summed E-state index contributed by atoms with van der Waals surface area (Å²) in [6.07, 6.45) is 2.04. The number of nitrogens with zero attached hydrogens (tertiary/aromatic N) is 2. The first-order valence-electron chi connectivity index (χ1n) is 8.53. The van der Waals surface area contributed by atoms with Crippen LogP contribution in [0.5, 0.6) is 0 Å². The molecule has 1 atom stereocenters. The topological polar surface area (TPSA) is 105 Å². The van der Waals surface area contributed by atoms with Gasteiger partial charge in [0.05, 0.1) is 28.7 Å². The second-order valence-corrected chi connectivity index (χ2v) is 8.49. The molecule has 2 rings (SSSR count). The highest BCUT2D eigenvalue weighted by molar-refractivity contribution is 7.91. The largest absolute Gasteiger partial charge is 0.452 e. The van der Waals surface area contributed by atoms with Gasteiger partial charge in [0.2, 0.25) is 0 Å². The predicted molar refractivity (Wildman–Crippen MR) is 95.1 cm³/mol. The Hall–Kier alpha value is -2.40. The molecule has 1 aromatic rings. The van der Waals surface area contributed by atoms with Crippen molar-refractivity contribution in [3.05, 3.63) is 35.4 Å². The lowest BCUT2D eigenvalue weighted by molar-refractivity contribution is -0.136. The van der Waals surface area contributed by atoms with Crippen molar-refractivity contribution in [2.75, 3.05) is 24.7 Å². The number of unbranched alkanes of at least 4 members (excludes halogenated alkanes) is 1. The molecule has 26 heavy (non-hydrogen) atoms. The minimum absolute atomic E-state index is 0.0357. The molecule has 0 radical (unpaired) electrons. The molecule has 0 bridgehead atoms. The molecule has 0 spiro atoms. The molecule has 0 saturated carbocycles. The van der Waals surface area contributed by atoms with Crippen molar-refractivity contribution < 1.29 is 22.7 Å². The number of esters is 1. The summed E-state index contributed by atoms with van der Waals surface area (Å²) in [5, 5.41) is 8.76. The second kappa shape index (κ2) is 8.81. The Morgan fingerprint density at radius 3 is 2.54 bits per heavy atom. The maximum atomic E-state index is 12.5. The molecule has 0 aromatic heterocycles. The third kappa shape index (κ3) is 5.30. The summed E-state index contributed by atoms with van der Waals surface area (Å²) in [4.78, 5) is 26.1. The van der Waals surface area contributed by atoms with E-state index in [0.717, 1.165) is 12.8 Å². The number of carbonyl (C=O) groups is 2. The van der Waals surface area contributed by atoms with Crippen molar-refractivity contribution in [2.24, 2.45) is 0 Å². The zero-order chi connectivity index (χ0) is 19.2. The van der Waals surface area contributed by atoms with Crippen LogP contribution in [0, 0.1) is 11.3 Å². The van der Waals surface area contributed by atoms with Crippen LogP contribution in [-0.4, -0.2) is 55.9 Å². The zero-order valence-corrected chi connectivity index (χ0v) is 15.5. The van der Waals surface area contributed by atoms with E-state index in [9.17, 15) is 18.0 Å². The van der Waals surface area contributed by atoms with E-state index in [1.54, 1.807) is 0 Å². The van der Waals surface area contributed by atoms with Crippen molar-refractivity contribution in [1.82, 2.24) is 4.90 Å². The first kappa shape index (κ1) is 19.9. The molecule has 1 heterocycles. The second-order valence-electron chi connectivity index (χ2n) is 6.26. The van der Waals surface area contributed by atoms with Gasteiger partial charge in [-0.25, -0.2) is 13.2 Å². The predicted octanol–water partition coefficient (Wildman–Crippen LogP) is 1.53. The molecule has 1 aliphatic heterocycles. The van der Waals surface area contributed by atoms with Crippen molar-refractivity contribution in [3.63, 3.8) is 0 Å². The summed E-state index contributed by atoms with van der Waals surface area (Å²) >= 11 is 0. The Bertz CT molecular complexity index is 796. The maximum absolute atomic E-state index is 12.5. The first-order valence-corrected chi connectivity index (χ1v) is 10.4. The number of amides is 1. The van der Waals surface area contributed by atoms with E-state index in [2.05, 4.69) is 0 Å². The average molecular weight is 378 g/mol. The van der Waals surface area contributed by atoms with Gasteiger partial charge in [-0.1, -0.05) is 13.3 Å². The van der Waals surface area contributed by atoms with Crippen LogP contribution < -0.4 is 0 Å². The van der Waals surface area contributed by atoms with Gasteiger partial charge >= 0.3 is 5.97 Å². The van der Waals surface area contributed by atoms with E-state index in [1.807, 2.05) is 13.0 Å². The van der Waals surface area contributed by atoms with Crippen LogP contribution in [0.15, 0.2) is 24.3 Å². The van der Waals surface area contributed by atoms with Gasteiger partial charge in [0.15, 0.2) is 16.4 Å². The van der Waals surface area contributed by atoms with E-state index in [0.29, 0.717) is 18.5 Å². The number of rotatable bonds is 7. The summed E-state index contributed by atoms with van der Waals surface area (Å²) in [6.45, 7) is 2.00. The van der Waals surface area contributed by atoms with Gasteiger partial charge in [-0.15, -0.1) is 0 Å². The number of hydrogen-bond donors (Lipinski definition) is 0. The fraction of sp³-hybridized carbons (Fsp3) is 0.500. The Labute approximate surface area is 153 Å². The molecule has 140 valence electrons. The number of benzene rings is 1. The van der Waals surface area contributed by atoms with E-state index < -0.39 is 22.4 Å². The highest BCUT2D eigenvalue weighted by Gasteiger charge is 2.34.